The van der Waals surface area contributed by atoms with Crippen LogP contribution in [-0.2, 0) is 17.6 Å². The average Bonchev–Trinajstić information content (AvgIpc) is 2.50. The molecule has 1 unspecified atom stereocenters. The summed E-state index contributed by atoms with van der Waals surface area (Å²) in [6, 6.07) is 8.30. The number of benzene rings is 2. The molecule has 2 N–H and O–H groups in total. The van der Waals surface area contributed by atoms with E-state index in [4.69, 9.17) is 5.11 Å². The van der Waals surface area contributed by atoms with E-state index in [1.807, 2.05) is 0 Å². The number of carbonyl (C=O) groups is 2. The van der Waals surface area contributed by atoms with Gasteiger partial charge in [0.05, 0.1) is 12.0 Å². The van der Waals surface area contributed by atoms with Crippen LogP contribution in [0.1, 0.15) is 34.0 Å². The van der Waals surface area contributed by atoms with Crippen molar-refractivity contribution >= 4 is 11.9 Å². The molecule has 6 heteroatoms. The number of hydrogen-bond acceptors (Lipinski definition) is 2. The van der Waals surface area contributed by atoms with Crippen molar-refractivity contribution in [3.8, 4) is 0 Å². The number of carboxylic acids is 1. The smallest absolute Gasteiger partial charge is 0.338 e. The molecule has 0 fully saturated rings. The van der Waals surface area contributed by atoms with Crippen LogP contribution in [0.2, 0.25) is 0 Å². The van der Waals surface area contributed by atoms with Crippen LogP contribution in [0.15, 0.2) is 36.4 Å². The standard InChI is InChI=1S/C19H19F2NO3/c1-11-3-4-13(8-16(11)20)7-12(2)22-18(23)10-14-5-6-15(19(24)25)17(21)9-14/h3-6,8-9,12H,7,10H2,1-2H3,(H,22,23)(H,24,25). The minimum atomic E-state index is -1.35. The fraction of sp³-hybridized carbons (Fsp3) is 0.263. The molecule has 0 aliphatic carbocycles. The lowest BCUT2D eigenvalue weighted by Crippen LogP contribution is -2.35. The van der Waals surface area contributed by atoms with E-state index in [2.05, 4.69) is 5.32 Å². The Bertz CT molecular complexity index is 805. The first-order chi connectivity index (χ1) is 11.8. The van der Waals surface area contributed by atoms with Gasteiger partial charge in [-0.15, -0.1) is 0 Å². The zero-order valence-corrected chi connectivity index (χ0v) is 14.0. The fourth-order valence-corrected chi connectivity index (χ4v) is 2.52. The normalized spacial score (nSPS) is 11.8. The van der Waals surface area contributed by atoms with E-state index in [1.54, 1.807) is 26.0 Å². The first-order valence-electron chi connectivity index (χ1n) is 7.82. The van der Waals surface area contributed by atoms with Crippen molar-refractivity contribution < 1.29 is 23.5 Å². The van der Waals surface area contributed by atoms with Gasteiger partial charge in [0.15, 0.2) is 0 Å². The van der Waals surface area contributed by atoms with Gasteiger partial charge in [-0.25, -0.2) is 13.6 Å². The van der Waals surface area contributed by atoms with E-state index in [-0.39, 0.29) is 24.2 Å². The maximum absolute atomic E-state index is 13.6. The summed E-state index contributed by atoms with van der Waals surface area (Å²) in [6.45, 7) is 3.48. The average molecular weight is 347 g/mol. The Morgan fingerprint density at radius 1 is 1.08 bits per heavy atom. The minimum Gasteiger partial charge on any atom is -0.478 e. The summed E-state index contributed by atoms with van der Waals surface area (Å²) in [6.07, 6.45) is 0.401. The van der Waals surface area contributed by atoms with Crippen molar-refractivity contribution in [2.75, 3.05) is 0 Å². The molecule has 0 spiro atoms. The minimum absolute atomic E-state index is 0.0661. The summed E-state index contributed by atoms with van der Waals surface area (Å²) in [4.78, 5) is 22.8. The first kappa shape index (κ1) is 18.6. The Kier molecular flexibility index (Phi) is 5.85. The second-order valence-corrected chi connectivity index (χ2v) is 6.05. The topological polar surface area (TPSA) is 66.4 Å². The second-order valence-electron chi connectivity index (χ2n) is 6.05. The lowest BCUT2D eigenvalue weighted by atomic mass is 10.0. The van der Waals surface area contributed by atoms with Crippen molar-refractivity contribution in [3.63, 3.8) is 0 Å². The van der Waals surface area contributed by atoms with Gasteiger partial charge in [0, 0.05) is 6.04 Å². The van der Waals surface area contributed by atoms with Crippen molar-refractivity contribution in [1.82, 2.24) is 5.32 Å². The molecule has 2 aromatic rings. The lowest BCUT2D eigenvalue weighted by Gasteiger charge is -2.14. The maximum Gasteiger partial charge on any atom is 0.338 e. The molecule has 0 heterocycles. The van der Waals surface area contributed by atoms with Crippen LogP contribution >= 0.6 is 0 Å². The second kappa shape index (κ2) is 7.88. The summed E-state index contributed by atoms with van der Waals surface area (Å²) in [5, 5.41) is 11.6. The van der Waals surface area contributed by atoms with Crippen molar-refractivity contribution in [2.45, 2.75) is 32.7 Å². The van der Waals surface area contributed by atoms with E-state index in [1.165, 1.54) is 12.1 Å². The number of rotatable bonds is 6. The Labute approximate surface area is 144 Å². The number of carboxylic acid groups (broad SMARTS) is 1. The summed E-state index contributed by atoms with van der Waals surface area (Å²) < 4.78 is 27.2. The molecule has 4 nitrogen and oxygen atoms in total. The third kappa shape index (κ3) is 5.11. The third-order valence-electron chi connectivity index (χ3n) is 3.81. The van der Waals surface area contributed by atoms with Gasteiger partial charge in [0.1, 0.15) is 11.6 Å². The molecule has 0 aromatic heterocycles. The molecule has 2 rings (SSSR count). The fourth-order valence-electron chi connectivity index (χ4n) is 2.52. The van der Waals surface area contributed by atoms with Crippen LogP contribution in [0.25, 0.3) is 0 Å². The summed E-state index contributed by atoms with van der Waals surface area (Å²) in [5.41, 5.74) is 1.28. The van der Waals surface area contributed by atoms with E-state index in [0.29, 0.717) is 17.5 Å². The van der Waals surface area contributed by atoms with Gasteiger partial charge in [0.25, 0.3) is 0 Å². The molecule has 0 saturated heterocycles. The van der Waals surface area contributed by atoms with E-state index >= 15 is 0 Å². The zero-order valence-electron chi connectivity index (χ0n) is 14.0. The highest BCUT2D eigenvalue weighted by Gasteiger charge is 2.13. The molecule has 0 aliphatic rings. The number of amides is 1. The van der Waals surface area contributed by atoms with Crippen molar-refractivity contribution in [2.24, 2.45) is 0 Å². The van der Waals surface area contributed by atoms with Crippen molar-refractivity contribution in [1.29, 1.82) is 0 Å². The van der Waals surface area contributed by atoms with Crippen LogP contribution in [-0.4, -0.2) is 23.0 Å². The SMILES string of the molecule is Cc1ccc(CC(C)NC(=O)Cc2ccc(C(=O)O)c(F)c2)cc1F. The molecule has 1 atom stereocenters. The number of carbonyl (C=O) groups excluding carboxylic acids is 1. The third-order valence-corrected chi connectivity index (χ3v) is 3.81. The van der Waals surface area contributed by atoms with Gasteiger partial charge in [-0.2, -0.15) is 0 Å². The number of aryl methyl sites for hydroxylation is 1. The van der Waals surface area contributed by atoms with Gasteiger partial charge >= 0.3 is 5.97 Å². The molecular weight excluding hydrogens is 328 g/mol. The van der Waals surface area contributed by atoms with Crippen LogP contribution in [0.4, 0.5) is 8.78 Å². The van der Waals surface area contributed by atoms with Crippen LogP contribution < -0.4 is 5.32 Å². The predicted octanol–water partition coefficient (Wildman–Crippen LogP) is 3.26. The molecule has 0 bridgehead atoms. The Morgan fingerprint density at radius 2 is 1.72 bits per heavy atom. The molecule has 1 amide bonds. The molecule has 25 heavy (non-hydrogen) atoms. The molecular formula is C19H19F2NO3. The Balaban J connectivity index is 1.94. The van der Waals surface area contributed by atoms with Gasteiger partial charge in [0.2, 0.25) is 5.91 Å². The number of hydrogen-bond donors (Lipinski definition) is 2. The van der Waals surface area contributed by atoms with E-state index in [0.717, 1.165) is 17.7 Å². The predicted molar refractivity (Wildman–Crippen MR) is 89.5 cm³/mol. The van der Waals surface area contributed by atoms with E-state index in [9.17, 15) is 18.4 Å². The Hall–Kier alpha value is -2.76. The zero-order chi connectivity index (χ0) is 18.6. The Morgan fingerprint density at radius 3 is 2.32 bits per heavy atom. The molecule has 2 aromatic carbocycles. The summed E-state index contributed by atoms with van der Waals surface area (Å²) >= 11 is 0. The number of halogens is 2. The highest BCUT2D eigenvalue weighted by molar-refractivity contribution is 5.88. The van der Waals surface area contributed by atoms with Gasteiger partial charge in [-0.1, -0.05) is 18.2 Å². The molecule has 0 aliphatic heterocycles. The molecule has 0 radical (unpaired) electrons. The van der Waals surface area contributed by atoms with Crippen LogP contribution in [0, 0.1) is 18.6 Å². The summed E-state index contributed by atoms with van der Waals surface area (Å²) in [5.74, 6) is -2.83. The number of aromatic carboxylic acids is 1. The molecule has 132 valence electrons. The van der Waals surface area contributed by atoms with Gasteiger partial charge in [-0.05, 0) is 55.2 Å². The van der Waals surface area contributed by atoms with Crippen molar-refractivity contribution in [3.05, 3.63) is 70.3 Å². The number of nitrogens with one attached hydrogen (secondary N) is 1. The highest BCUT2D eigenvalue weighted by Crippen LogP contribution is 2.13. The largest absolute Gasteiger partial charge is 0.478 e. The van der Waals surface area contributed by atoms with Crippen LogP contribution in [0.3, 0.4) is 0 Å². The quantitative estimate of drug-likeness (QED) is 0.843. The highest BCUT2D eigenvalue weighted by atomic mass is 19.1. The lowest BCUT2D eigenvalue weighted by molar-refractivity contribution is -0.121. The van der Waals surface area contributed by atoms with Gasteiger partial charge < -0.3 is 10.4 Å². The van der Waals surface area contributed by atoms with Crippen LogP contribution in [0.5, 0.6) is 0 Å². The van der Waals surface area contributed by atoms with Gasteiger partial charge in [-0.3, -0.25) is 4.79 Å². The monoisotopic (exact) mass is 347 g/mol. The molecule has 0 saturated carbocycles. The first-order valence-corrected chi connectivity index (χ1v) is 7.82. The summed E-state index contributed by atoms with van der Waals surface area (Å²) in [7, 11) is 0. The van der Waals surface area contributed by atoms with E-state index < -0.39 is 17.3 Å². The maximum atomic E-state index is 13.6.